The van der Waals surface area contributed by atoms with Gasteiger partial charge in [-0.05, 0) is 31.2 Å². The lowest BCUT2D eigenvalue weighted by atomic mass is 9.87. The molecule has 1 amide bonds. The number of hydrogen-bond donors (Lipinski definition) is 1. The molecule has 7 nitrogen and oxygen atoms in total. The van der Waals surface area contributed by atoms with Crippen molar-refractivity contribution in [3.8, 4) is 11.4 Å². The number of aromatic nitrogens is 4. The van der Waals surface area contributed by atoms with Crippen LogP contribution in [0.1, 0.15) is 29.2 Å². The molecule has 0 saturated carbocycles. The van der Waals surface area contributed by atoms with E-state index in [4.69, 9.17) is 0 Å². The second kappa shape index (κ2) is 6.88. The van der Waals surface area contributed by atoms with Gasteiger partial charge in [-0.1, -0.05) is 36.4 Å². The largest absolute Gasteiger partial charge is 0.310 e. The topological polar surface area (TPSA) is 73.8 Å². The standard InChI is InChI=1S/C23H21N5O2/c1-15-21(23(30)28(26(15)2)17-11-7-4-8-12-17)18-13-20(29)25-22-19(18)14-24-27(22)16-9-5-3-6-10-16/h3-12,14,18H,13H2,1-2H3,(H,25,29)/t18-/m0/s1. The molecule has 0 saturated heterocycles. The number of carbonyl (C=O) groups is 1. The van der Waals surface area contributed by atoms with Gasteiger partial charge in [0.15, 0.2) is 0 Å². The molecule has 4 aromatic rings. The second-order valence-corrected chi connectivity index (χ2v) is 7.48. The molecule has 30 heavy (non-hydrogen) atoms. The predicted octanol–water partition coefficient (Wildman–Crippen LogP) is 3.14. The molecule has 3 heterocycles. The number of nitrogens with zero attached hydrogens (tertiary/aromatic N) is 4. The van der Waals surface area contributed by atoms with Crippen LogP contribution in [0.2, 0.25) is 0 Å². The number of nitrogens with one attached hydrogen (secondary N) is 1. The van der Waals surface area contributed by atoms with Crippen LogP contribution in [0.3, 0.4) is 0 Å². The van der Waals surface area contributed by atoms with Crippen LogP contribution in [-0.2, 0) is 11.8 Å². The highest BCUT2D eigenvalue weighted by molar-refractivity contribution is 5.94. The van der Waals surface area contributed by atoms with Crippen molar-refractivity contribution in [1.29, 1.82) is 0 Å². The summed E-state index contributed by atoms with van der Waals surface area (Å²) in [5, 5.41) is 7.46. The zero-order valence-corrected chi connectivity index (χ0v) is 16.7. The summed E-state index contributed by atoms with van der Waals surface area (Å²) >= 11 is 0. The van der Waals surface area contributed by atoms with Crippen molar-refractivity contribution in [1.82, 2.24) is 19.1 Å². The van der Waals surface area contributed by atoms with Gasteiger partial charge in [0.25, 0.3) is 5.56 Å². The number of amides is 1. The molecular weight excluding hydrogens is 378 g/mol. The number of fused-ring (bicyclic) bond motifs is 1. The average Bonchev–Trinajstić information content (AvgIpc) is 3.27. The Labute approximate surface area is 173 Å². The van der Waals surface area contributed by atoms with Crippen molar-refractivity contribution in [3.05, 3.63) is 94.0 Å². The summed E-state index contributed by atoms with van der Waals surface area (Å²) < 4.78 is 5.21. The first-order chi connectivity index (χ1) is 14.6. The fraction of sp³-hybridized carbons (Fsp3) is 0.174. The third-order valence-electron chi connectivity index (χ3n) is 5.77. The highest BCUT2D eigenvalue weighted by atomic mass is 16.2. The molecule has 0 radical (unpaired) electrons. The Bertz CT molecular complexity index is 1300. The third-order valence-corrected chi connectivity index (χ3v) is 5.77. The van der Waals surface area contributed by atoms with E-state index in [-0.39, 0.29) is 23.8 Å². The Hall–Kier alpha value is -3.87. The normalized spacial score (nSPS) is 15.7. The van der Waals surface area contributed by atoms with Crippen LogP contribution < -0.4 is 10.9 Å². The molecule has 1 aliphatic rings. The van der Waals surface area contributed by atoms with E-state index in [0.29, 0.717) is 11.4 Å². The first-order valence-corrected chi connectivity index (χ1v) is 9.83. The van der Waals surface area contributed by atoms with E-state index in [1.165, 1.54) is 0 Å². The van der Waals surface area contributed by atoms with Crippen LogP contribution in [0.25, 0.3) is 11.4 Å². The quantitative estimate of drug-likeness (QED) is 0.575. The number of rotatable bonds is 3. The molecule has 0 spiro atoms. The maximum atomic E-state index is 13.5. The summed E-state index contributed by atoms with van der Waals surface area (Å²) in [7, 11) is 1.87. The van der Waals surface area contributed by atoms with E-state index in [1.54, 1.807) is 15.6 Å². The third kappa shape index (κ3) is 2.70. The highest BCUT2D eigenvalue weighted by Crippen LogP contribution is 2.38. The SMILES string of the molecule is Cc1c([C@H]2CC(=O)Nc3c2cnn3-c2ccccc2)c(=O)n(-c2ccccc2)n1C. The minimum atomic E-state index is -0.352. The first-order valence-electron chi connectivity index (χ1n) is 9.83. The molecule has 1 aliphatic heterocycles. The van der Waals surface area contributed by atoms with Crippen molar-refractivity contribution in [2.24, 2.45) is 7.05 Å². The second-order valence-electron chi connectivity index (χ2n) is 7.48. The summed E-state index contributed by atoms with van der Waals surface area (Å²) in [4.78, 5) is 26.1. The minimum absolute atomic E-state index is 0.112. The molecule has 0 aliphatic carbocycles. The number of carbonyl (C=O) groups excluding carboxylic acids is 1. The molecule has 7 heteroatoms. The number of anilines is 1. The van der Waals surface area contributed by atoms with E-state index in [9.17, 15) is 9.59 Å². The molecule has 2 aromatic heterocycles. The monoisotopic (exact) mass is 399 g/mol. The molecule has 0 bridgehead atoms. The van der Waals surface area contributed by atoms with Crippen molar-refractivity contribution >= 4 is 11.7 Å². The van der Waals surface area contributed by atoms with Crippen molar-refractivity contribution < 1.29 is 4.79 Å². The van der Waals surface area contributed by atoms with Crippen LogP contribution in [0.4, 0.5) is 5.82 Å². The Morgan fingerprint density at radius 2 is 1.60 bits per heavy atom. The zero-order valence-electron chi connectivity index (χ0n) is 16.7. The van der Waals surface area contributed by atoms with Crippen LogP contribution in [0, 0.1) is 6.92 Å². The smallest absolute Gasteiger partial charge is 0.275 e. The lowest BCUT2D eigenvalue weighted by Gasteiger charge is -2.23. The minimum Gasteiger partial charge on any atom is -0.310 e. The highest BCUT2D eigenvalue weighted by Gasteiger charge is 2.34. The van der Waals surface area contributed by atoms with E-state index < -0.39 is 0 Å². The molecule has 150 valence electrons. The maximum absolute atomic E-state index is 13.5. The number of benzene rings is 2. The van der Waals surface area contributed by atoms with Crippen molar-refractivity contribution in [2.45, 2.75) is 19.3 Å². The van der Waals surface area contributed by atoms with Crippen LogP contribution in [-0.4, -0.2) is 25.1 Å². The van der Waals surface area contributed by atoms with Gasteiger partial charge >= 0.3 is 0 Å². The van der Waals surface area contributed by atoms with Gasteiger partial charge in [0.05, 0.1) is 17.6 Å². The van der Waals surface area contributed by atoms with Gasteiger partial charge in [0, 0.05) is 36.2 Å². The molecular formula is C23H21N5O2. The predicted molar refractivity (Wildman–Crippen MR) is 114 cm³/mol. The van der Waals surface area contributed by atoms with Gasteiger partial charge in [-0.3, -0.25) is 14.3 Å². The Morgan fingerprint density at radius 1 is 0.967 bits per heavy atom. The zero-order chi connectivity index (χ0) is 20.8. The molecule has 1 atom stereocenters. The fourth-order valence-electron chi connectivity index (χ4n) is 4.23. The lowest BCUT2D eigenvalue weighted by molar-refractivity contribution is -0.116. The van der Waals surface area contributed by atoms with E-state index in [2.05, 4.69) is 10.4 Å². The van der Waals surface area contributed by atoms with E-state index in [1.807, 2.05) is 79.3 Å². The summed E-state index contributed by atoms with van der Waals surface area (Å²) in [6.45, 7) is 1.92. The van der Waals surface area contributed by atoms with E-state index in [0.717, 1.165) is 22.6 Å². The van der Waals surface area contributed by atoms with Gasteiger partial charge in [-0.2, -0.15) is 5.10 Å². The lowest BCUT2D eigenvalue weighted by Crippen LogP contribution is -2.28. The Kier molecular flexibility index (Phi) is 4.17. The Morgan fingerprint density at radius 3 is 2.27 bits per heavy atom. The van der Waals surface area contributed by atoms with Gasteiger partial charge in [-0.15, -0.1) is 0 Å². The maximum Gasteiger partial charge on any atom is 0.275 e. The van der Waals surface area contributed by atoms with Gasteiger partial charge < -0.3 is 5.32 Å². The summed E-state index contributed by atoms with van der Waals surface area (Å²) in [5.41, 5.74) is 3.85. The van der Waals surface area contributed by atoms with Crippen LogP contribution in [0.15, 0.2) is 71.7 Å². The van der Waals surface area contributed by atoms with Gasteiger partial charge in [-0.25, -0.2) is 9.36 Å². The average molecular weight is 399 g/mol. The summed E-state index contributed by atoms with van der Waals surface area (Å²) in [6.07, 6.45) is 1.97. The summed E-state index contributed by atoms with van der Waals surface area (Å²) in [6, 6.07) is 19.2. The fourth-order valence-corrected chi connectivity index (χ4v) is 4.23. The molecule has 1 N–H and O–H groups in total. The molecule has 2 aromatic carbocycles. The van der Waals surface area contributed by atoms with Crippen LogP contribution in [0.5, 0.6) is 0 Å². The van der Waals surface area contributed by atoms with Gasteiger partial charge in [0.2, 0.25) is 5.91 Å². The van der Waals surface area contributed by atoms with E-state index >= 15 is 0 Å². The van der Waals surface area contributed by atoms with Crippen molar-refractivity contribution in [2.75, 3.05) is 5.32 Å². The van der Waals surface area contributed by atoms with Crippen LogP contribution >= 0.6 is 0 Å². The molecule has 0 fully saturated rings. The molecule has 0 unspecified atom stereocenters. The first kappa shape index (κ1) is 18.2. The number of para-hydroxylation sites is 2. The van der Waals surface area contributed by atoms with Crippen molar-refractivity contribution in [3.63, 3.8) is 0 Å². The molecule has 5 rings (SSSR count). The Balaban J connectivity index is 1.68. The summed E-state index contributed by atoms with van der Waals surface area (Å²) in [5.74, 6) is 0.144. The van der Waals surface area contributed by atoms with Gasteiger partial charge in [0.1, 0.15) is 5.82 Å². The number of hydrogen-bond acceptors (Lipinski definition) is 3.